The van der Waals surface area contributed by atoms with Crippen molar-refractivity contribution >= 4 is 0 Å². The lowest BCUT2D eigenvalue weighted by atomic mass is 9.94. The minimum atomic E-state index is 0.564. The molecule has 0 saturated carbocycles. The number of aryl methyl sites for hydroxylation is 2. The Kier molecular flexibility index (Phi) is 3.67. The van der Waals surface area contributed by atoms with E-state index in [1.165, 1.54) is 22.3 Å². The number of benzene rings is 1. The first-order valence-electron chi connectivity index (χ1n) is 4.85. The molecular weight excluding hydrogens is 172 g/mol. The van der Waals surface area contributed by atoms with Crippen LogP contribution in [0, 0.1) is 25.2 Å². The van der Waals surface area contributed by atoms with E-state index in [1.54, 1.807) is 0 Å². The van der Waals surface area contributed by atoms with Crippen molar-refractivity contribution in [2.75, 3.05) is 0 Å². The summed E-state index contributed by atoms with van der Waals surface area (Å²) in [6.07, 6.45) is 1.38. The molecule has 1 aromatic rings. The Labute approximate surface area is 85.4 Å². The van der Waals surface area contributed by atoms with Crippen molar-refractivity contribution in [2.24, 2.45) is 5.73 Å². The van der Waals surface area contributed by atoms with Crippen molar-refractivity contribution in [2.45, 2.75) is 33.2 Å². The molecule has 2 nitrogen and oxygen atoms in total. The van der Waals surface area contributed by atoms with E-state index in [-0.39, 0.29) is 0 Å². The van der Waals surface area contributed by atoms with Gasteiger partial charge in [-0.1, -0.05) is 12.1 Å². The van der Waals surface area contributed by atoms with E-state index in [4.69, 9.17) is 11.0 Å². The van der Waals surface area contributed by atoms with Gasteiger partial charge in [-0.15, -0.1) is 0 Å². The lowest BCUT2D eigenvalue weighted by Gasteiger charge is -2.12. The fourth-order valence-electron chi connectivity index (χ4n) is 1.74. The van der Waals surface area contributed by atoms with E-state index in [0.29, 0.717) is 13.0 Å². The highest BCUT2D eigenvalue weighted by atomic mass is 14.5. The van der Waals surface area contributed by atoms with E-state index in [9.17, 15) is 0 Å². The average molecular weight is 188 g/mol. The summed E-state index contributed by atoms with van der Waals surface area (Å²) >= 11 is 0. The summed E-state index contributed by atoms with van der Waals surface area (Å²) in [4.78, 5) is 0. The van der Waals surface area contributed by atoms with Gasteiger partial charge in [0, 0.05) is 13.0 Å². The van der Waals surface area contributed by atoms with Gasteiger partial charge < -0.3 is 5.73 Å². The molecule has 0 radical (unpaired) electrons. The van der Waals surface area contributed by atoms with Crippen LogP contribution in [-0.2, 0) is 13.0 Å². The van der Waals surface area contributed by atoms with Gasteiger partial charge in [0.2, 0.25) is 0 Å². The van der Waals surface area contributed by atoms with E-state index in [1.807, 2.05) is 0 Å². The van der Waals surface area contributed by atoms with Gasteiger partial charge in [0.1, 0.15) is 0 Å². The topological polar surface area (TPSA) is 49.8 Å². The molecule has 0 saturated heterocycles. The average Bonchev–Trinajstić information content (AvgIpc) is 2.19. The third kappa shape index (κ3) is 2.12. The normalized spacial score (nSPS) is 9.86. The summed E-state index contributed by atoms with van der Waals surface area (Å²) in [5, 5.41) is 8.57. The number of rotatable bonds is 3. The summed E-state index contributed by atoms with van der Waals surface area (Å²) in [5.74, 6) is 0. The molecule has 0 aliphatic carbocycles. The Morgan fingerprint density at radius 3 is 2.29 bits per heavy atom. The van der Waals surface area contributed by atoms with Crippen molar-refractivity contribution < 1.29 is 0 Å². The molecule has 0 bridgehead atoms. The van der Waals surface area contributed by atoms with Crippen molar-refractivity contribution in [1.29, 1.82) is 5.26 Å². The molecule has 1 aromatic carbocycles. The lowest BCUT2D eigenvalue weighted by Crippen LogP contribution is -2.06. The zero-order valence-electron chi connectivity index (χ0n) is 8.80. The predicted molar refractivity (Wildman–Crippen MR) is 57.7 cm³/mol. The standard InChI is InChI=1S/C12H16N2/c1-9-5-6-10(2)12(8-14)11(9)4-3-7-13/h5-6H,3-4,8,14H2,1-2H3. The number of nitrogens with two attached hydrogens (primary N) is 1. The molecule has 74 valence electrons. The highest BCUT2D eigenvalue weighted by Gasteiger charge is 2.06. The van der Waals surface area contributed by atoms with E-state index in [0.717, 1.165) is 6.42 Å². The summed E-state index contributed by atoms with van der Waals surface area (Å²) in [6, 6.07) is 6.36. The van der Waals surface area contributed by atoms with Gasteiger partial charge in [-0.2, -0.15) is 5.26 Å². The minimum absolute atomic E-state index is 0.564. The van der Waals surface area contributed by atoms with Crippen molar-refractivity contribution in [3.05, 3.63) is 34.4 Å². The highest BCUT2D eigenvalue weighted by Crippen LogP contribution is 2.19. The van der Waals surface area contributed by atoms with Crippen LogP contribution in [0.1, 0.15) is 28.7 Å². The molecule has 1 rings (SSSR count). The second-order valence-electron chi connectivity index (χ2n) is 3.52. The third-order valence-electron chi connectivity index (χ3n) is 2.59. The molecule has 0 amide bonds. The summed E-state index contributed by atoms with van der Waals surface area (Å²) in [5.41, 5.74) is 10.6. The predicted octanol–water partition coefficient (Wildman–Crippen LogP) is 2.22. The van der Waals surface area contributed by atoms with Crippen LogP contribution in [0.2, 0.25) is 0 Å². The van der Waals surface area contributed by atoms with Crippen LogP contribution in [0.15, 0.2) is 12.1 Å². The molecule has 14 heavy (non-hydrogen) atoms. The van der Waals surface area contributed by atoms with E-state index >= 15 is 0 Å². The van der Waals surface area contributed by atoms with Crippen LogP contribution in [0.5, 0.6) is 0 Å². The fraction of sp³-hybridized carbons (Fsp3) is 0.417. The zero-order valence-corrected chi connectivity index (χ0v) is 8.80. The molecule has 0 unspecified atom stereocenters. The smallest absolute Gasteiger partial charge is 0.0625 e. The van der Waals surface area contributed by atoms with E-state index < -0.39 is 0 Å². The molecule has 0 atom stereocenters. The van der Waals surface area contributed by atoms with E-state index in [2.05, 4.69) is 32.0 Å². The Hall–Kier alpha value is -1.33. The number of hydrogen-bond acceptors (Lipinski definition) is 2. The minimum Gasteiger partial charge on any atom is -0.326 e. The second-order valence-corrected chi connectivity index (χ2v) is 3.52. The molecule has 0 heterocycles. The van der Waals surface area contributed by atoms with Gasteiger partial charge in [-0.05, 0) is 42.5 Å². The summed E-state index contributed by atoms with van der Waals surface area (Å²) < 4.78 is 0. The quantitative estimate of drug-likeness (QED) is 0.790. The van der Waals surface area contributed by atoms with Crippen LogP contribution < -0.4 is 5.73 Å². The maximum Gasteiger partial charge on any atom is 0.0625 e. The van der Waals surface area contributed by atoms with Crippen LogP contribution in [0.3, 0.4) is 0 Å². The Balaban J connectivity index is 3.10. The van der Waals surface area contributed by atoms with Gasteiger partial charge in [0.25, 0.3) is 0 Å². The first kappa shape index (κ1) is 10.7. The lowest BCUT2D eigenvalue weighted by molar-refractivity contribution is 0.930. The number of nitrogens with zero attached hydrogens (tertiary/aromatic N) is 1. The van der Waals surface area contributed by atoms with Gasteiger partial charge in [0.05, 0.1) is 6.07 Å². The summed E-state index contributed by atoms with van der Waals surface area (Å²) in [6.45, 7) is 4.71. The maximum atomic E-state index is 8.57. The van der Waals surface area contributed by atoms with Gasteiger partial charge in [0.15, 0.2) is 0 Å². The molecule has 0 spiro atoms. The first-order valence-corrected chi connectivity index (χ1v) is 4.85. The van der Waals surface area contributed by atoms with Gasteiger partial charge in [-0.25, -0.2) is 0 Å². The third-order valence-corrected chi connectivity index (χ3v) is 2.59. The van der Waals surface area contributed by atoms with Crippen molar-refractivity contribution in [1.82, 2.24) is 0 Å². The molecule has 0 aromatic heterocycles. The SMILES string of the molecule is Cc1ccc(C)c(CCC#N)c1CN. The molecule has 0 aliphatic rings. The fourth-order valence-corrected chi connectivity index (χ4v) is 1.74. The zero-order chi connectivity index (χ0) is 10.6. The first-order chi connectivity index (χ1) is 6.70. The molecule has 0 aliphatic heterocycles. The van der Waals surface area contributed by atoms with Crippen LogP contribution >= 0.6 is 0 Å². The maximum absolute atomic E-state index is 8.57. The molecular formula is C12H16N2. The molecule has 2 heteroatoms. The molecule has 2 N–H and O–H groups in total. The Bertz CT molecular complexity index is 361. The van der Waals surface area contributed by atoms with Crippen LogP contribution in [0.25, 0.3) is 0 Å². The summed E-state index contributed by atoms with van der Waals surface area (Å²) in [7, 11) is 0. The van der Waals surface area contributed by atoms with Crippen molar-refractivity contribution in [3.8, 4) is 6.07 Å². The van der Waals surface area contributed by atoms with Crippen molar-refractivity contribution in [3.63, 3.8) is 0 Å². The highest BCUT2D eigenvalue weighted by molar-refractivity contribution is 5.40. The van der Waals surface area contributed by atoms with Crippen LogP contribution in [-0.4, -0.2) is 0 Å². The number of hydrogen-bond donors (Lipinski definition) is 1. The van der Waals surface area contributed by atoms with Gasteiger partial charge >= 0.3 is 0 Å². The second kappa shape index (κ2) is 4.78. The van der Waals surface area contributed by atoms with Crippen LogP contribution in [0.4, 0.5) is 0 Å². The largest absolute Gasteiger partial charge is 0.326 e. The number of nitriles is 1. The van der Waals surface area contributed by atoms with Gasteiger partial charge in [-0.3, -0.25) is 0 Å². The Morgan fingerprint density at radius 1 is 1.21 bits per heavy atom. The Morgan fingerprint density at radius 2 is 1.79 bits per heavy atom. The monoisotopic (exact) mass is 188 g/mol. The molecule has 0 fully saturated rings.